The molecule has 0 spiro atoms. The normalized spacial score (nSPS) is 17.0. The molecule has 0 amide bonds. The third-order valence-electron chi connectivity index (χ3n) is 7.11. The Labute approximate surface area is 288 Å². The van der Waals surface area contributed by atoms with E-state index in [-0.39, 0.29) is 0 Å². The van der Waals surface area contributed by atoms with Gasteiger partial charge >= 0.3 is 101 Å². The van der Waals surface area contributed by atoms with Crippen molar-refractivity contribution >= 4 is 0 Å². The van der Waals surface area contributed by atoms with E-state index in [0.717, 1.165) is 0 Å². The topological polar surface area (TPSA) is 8.81 Å². The maximum atomic E-state index is 14.1. The summed E-state index contributed by atoms with van der Waals surface area (Å²) in [6.45, 7) is 0. The molecule has 0 aliphatic carbocycles. The average molecular weight is 955 g/mol. The Hall–Kier alpha value is -3.31. The van der Waals surface area contributed by atoms with Crippen LogP contribution in [0.3, 0.4) is 0 Å². The van der Waals surface area contributed by atoms with Gasteiger partial charge in [0.25, 0.3) is 6.33 Å². The first kappa shape index (κ1) is 52.7. The maximum absolute atomic E-state index is 14.1. The van der Waals surface area contributed by atoms with Gasteiger partial charge in [0, 0.05) is 0 Å². The van der Waals surface area contributed by atoms with Crippen LogP contribution in [0.4, 0.5) is 158 Å². The molecule has 0 fully saturated rings. The number of hydrogen-bond donors (Lipinski definition) is 0. The minimum absolute atomic E-state index is 0.953. The minimum atomic E-state index is -10.3. The third kappa shape index (κ3) is 6.04. The zero-order valence-corrected chi connectivity index (χ0v) is 24.7. The number of imidazole rings is 1. The molecule has 344 valence electrons. The predicted molar refractivity (Wildman–Crippen MR) is 101 cm³/mol. The Kier molecular flexibility index (Phi) is 11.7. The molecule has 0 atom stereocenters. The number of nitrogens with zero attached hydrogens (tertiary/aromatic N) is 2. The standard InChI is InChI=1S/C20H3F36N2/c21-4(22,6(25,26)8(29,30)10(33,34)12(37,38)14(41,42)16(45,46)18(49,50)51)5(23,24)7(27,28)9(31,32)11(35,36)13(39,40)15(43,44)17(47,48)19(52,53)57-1-2-58(3-57)20(54,55)56/h1-3H/q+1. The predicted octanol–water partition coefficient (Wildman–Crippen LogP) is 11.3. The summed E-state index contributed by atoms with van der Waals surface area (Å²) in [4.78, 5) is 0. The fourth-order valence-corrected chi connectivity index (χ4v) is 3.57. The van der Waals surface area contributed by atoms with E-state index in [1.165, 1.54) is 0 Å². The number of alkyl halides is 36. The summed E-state index contributed by atoms with van der Waals surface area (Å²) in [5, 5.41) is 0. The number of rotatable bonds is 15. The van der Waals surface area contributed by atoms with E-state index in [4.69, 9.17) is 0 Å². The first-order valence-corrected chi connectivity index (χ1v) is 12.4. The second-order valence-electron chi connectivity index (χ2n) is 10.8. The molecular weight excluding hydrogens is 952 g/mol. The highest BCUT2D eigenvalue weighted by Crippen LogP contribution is 2.70. The van der Waals surface area contributed by atoms with Gasteiger partial charge in [-0.1, -0.05) is 0 Å². The highest BCUT2D eigenvalue weighted by atomic mass is 19.4. The Morgan fingerprint density at radius 2 is 0.448 bits per heavy atom. The molecule has 0 unspecified atom stereocenters. The lowest BCUT2D eigenvalue weighted by Gasteiger charge is -2.46. The lowest BCUT2D eigenvalue weighted by atomic mass is 9.83. The van der Waals surface area contributed by atoms with Crippen LogP contribution in [-0.2, 0) is 12.3 Å². The van der Waals surface area contributed by atoms with Crippen LogP contribution in [0.1, 0.15) is 0 Å². The van der Waals surface area contributed by atoms with Crippen molar-refractivity contribution in [3.05, 3.63) is 18.7 Å². The molecule has 2 nitrogen and oxygen atoms in total. The van der Waals surface area contributed by atoms with Crippen molar-refractivity contribution in [2.24, 2.45) is 0 Å². The van der Waals surface area contributed by atoms with Crippen LogP contribution in [0, 0.1) is 0 Å². The van der Waals surface area contributed by atoms with Crippen molar-refractivity contribution in [1.82, 2.24) is 4.57 Å². The van der Waals surface area contributed by atoms with Crippen molar-refractivity contribution in [2.75, 3.05) is 0 Å². The molecule has 0 aliphatic rings. The summed E-state index contributed by atoms with van der Waals surface area (Å²) < 4.78 is 483. The lowest BCUT2D eigenvalue weighted by molar-refractivity contribution is -0.854. The molecule has 1 aromatic rings. The van der Waals surface area contributed by atoms with Gasteiger partial charge in [0.2, 0.25) is 0 Å². The summed E-state index contributed by atoms with van der Waals surface area (Å²) >= 11 is 0. The van der Waals surface area contributed by atoms with Gasteiger partial charge in [0.15, 0.2) is 0 Å². The Balaban J connectivity index is 4.05. The number of aromatic nitrogens is 2. The van der Waals surface area contributed by atoms with Gasteiger partial charge in [0.1, 0.15) is 12.4 Å². The first-order valence-electron chi connectivity index (χ1n) is 12.4. The van der Waals surface area contributed by atoms with E-state index in [1.807, 2.05) is 0 Å². The van der Waals surface area contributed by atoms with E-state index >= 15 is 0 Å². The van der Waals surface area contributed by atoms with Gasteiger partial charge in [-0.3, -0.25) is 0 Å². The fourth-order valence-electron chi connectivity index (χ4n) is 3.57. The van der Waals surface area contributed by atoms with Gasteiger partial charge in [0.05, 0.1) is 0 Å². The molecule has 0 N–H and O–H groups in total. The van der Waals surface area contributed by atoms with Crippen molar-refractivity contribution in [2.45, 2.75) is 101 Å². The van der Waals surface area contributed by atoms with Crippen LogP contribution in [0.5, 0.6) is 0 Å². The summed E-state index contributed by atoms with van der Waals surface area (Å²) in [5.74, 6) is -138. The third-order valence-corrected chi connectivity index (χ3v) is 7.11. The molecule has 0 aromatic carbocycles. The largest absolute Gasteiger partial charge is 0.567 e. The SMILES string of the molecule is FC(F)(F)[n+]1ccn(C(F)(F)C(F)(F)C(F)(F)C(F)(F)C(F)(F)C(F)(F)C(F)(F)C(F)(F)C(F)(F)C(F)(F)C(F)(F)C(F)(F)C(F)(F)C(F)(F)C(F)(F)C(F)(F)F)c1. The van der Waals surface area contributed by atoms with Gasteiger partial charge in [-0.25, -0.2) is 0 Å². The van der Waals surface area contributed by atoms with E-state index < -0.39 is 129 Å². The molecule has 58 heavy (non-hydrogen) atoms. The fraction of sp³-hybridized carbons (Fsp3) is 0.850. The highest BCUT2D eigenvalue weighted by Gasteiger charge is 3.02. The quantitative estimate of drug-likeness (QED) is 0.122. The van der Waals surface area contributed by atoms with E-state index in [9.17, 15) is 158 Å². The summed E-state index contributed by atoms with van der Waals surface area (Å²) in [5.41, 5.74) is 0. The van der Waals surface area contributed by atoms with Crippen LogP contribution < -0.4 is 4.57 Å². The van der Waals surface area contributed by atoms with Crippen molar-refractivity contribution in [3.8, 4) is 0 Å². The Morgan fingerprint density at radius 1 is 0.259 bits per heavy atom. The monoisotopic (exact) mass is 955 g/mol. The van der Waals surface area contributed by atoms with Crippen molar-refractivity contribution in [1.29, 1.82) is 0 Å². The van der Waals surface area contributed by atoms with Crippen LogP contribution in [-0.4, -0.2) is 93.7 Å². The molecule has 38 heteroatoms. The second kappa shape index (κ2) is 12.9. The van der Waals surface area contributed by atoms with Crippen molar-refractivity contribution < 1.29 is 163 Å². The maximum Gasteiger partial charge on any atom is 0.567 e. The first-order chi connectivity index (χ1) is 24.5. The van der Waals surface area contributed by atoms with Crippen LogP contribution in [0.2, 0.25) is 0 Å². The van der Waals surface area contributed by atoms with E-state index in [1.54, 1.807) is 0 Å². The van der Waals surface area contributed by atoms with Gasteiger partial charge < -0.3 is 0 Å². The molecule has 0 bridgehead atoms. The molecule has 0 radical (unpaired) electrons. The van der Waals surface area contributed by atoms with Gasteiger partial charge in [-0.05, 0) is 0 Å². The minimum Gasteiger partial charge on any atom is -0.192 e. The van der Waals surface area contributed by atoms with Gasteiger partial charge in [-0.15, -0.1) is 17.7 Å². The number of hydrogen-bond acceptors (Lipinski definition) is 0. The second-order valence-corrected chi connectivity index (χ2v) is 10.8. The number of halogens is 36. The molecule has 0 saturated heterocycles. The zero-order valence-electron chi connectivity index (χ0n) is 24.7. The summed E-state index contributed by atoms with van der Waals surface area (Å²) in [6.07, 6.45) is -18.3. The Morgan fingerprint density at radius 3 is 0.621 bits per heavy atom. The van der Waals surface area contributed by atoms with Crippen LogP contribution in [0.25, 0.3) is 0 Å². The average Bonchev–Trinajstić information content (AvgIpc) is 3.51. The summed E-state index contributed by atoms with van der Waals surface area (Å²) in [6, 6.07) is -7.72. The van der Waals surface area contributed by atoms with Crippen molar-refractivity contribution in [3.63, 3.8) is 0 Å². The Bertz CT molecular complexity index is 1650. The smallest absolute Gasteiger partial charge is 0.192 e. The van der Waals surface area contributed by atoms with Crippen LogP contribution >= 0.6 is 0 Å². The molecule has 1 rings (SSSR count). The molecule has 1 aromatic heterocycles. The highest BCUT2D eigenvalue weighted by molar-refractivity contribution is 5.22. The molecule has 0 aliphatic heterocycles. The van der Waals surface area contributed by atoms with Gasteiger partial charge in [-0.2, -0.15) is 149 Å². The van der Waals surface area contributed by atoms with E-state index in [2.05, 4.69) is 0 Å². The zero-order chi connectivity index (χ0) is 47.8. The molecule has 0 saturated carbocycles. The lowest BCUT2D eigenvalue weighted by Crippen LogP contribution is -2.80. The molecule has 1 heterocycles. The van der Waals surface area contributed by atoms with Crippen LogP contribution in [0.15, 0.2) is 18.7 Å². The molecular formula is C20H3F36N2+. The summed E-state index contributed by atoms with van der Waals surface area (Å²) in [7, 11) is 0. The van der Waals surface area contributed by atoms with E-state index in [0.29, 0.717) is 0 Å².